The van der Waals surface area contributed by atoms with Crippen LogP contribution in [0.2, 0.25) is 0 Å². The van der Waals surface area contributed by atoms with Crippen molar-refractivity contribution in [1.29, 1.82) is 0 Å². The van der Waals surface area contributed by atoms with E-state index in [0.29, 0.717) is 17.4 Å². The van der Waals surface area contributed by atoms with E-state index in [-0.39, 0.29) is 5.38 Å². The highest BCUT2D eigenvalue weighted by molar-refractivity contribution is 6.22. The van der Waals surface area contributed by atoms with E-state index in [1.165, 1.54) is 0 Å². The number of nitrogens with zero attached hydrogens (tertiary/aromatic N) is 2. The van der Waals surface area contributed by atoms with Crippen LogP contribution in [0.1, 0.15) is 16.5 Å². The molecule has 0 aliphatic heterocycles. The van der Waals surface area contributed by atoms with E-state index in [1.807, 2.05) is 60.8 Å². The number of hydrogen-bond donors (Lipinski definition) is 0. The minimum Gasteiger partial charge on any atom is -0.493 e. The van der Waals surface area contributed by atoms with Crippen LogP contribution in [-0.4, -0.2) is 17.1 Å². The maximum Gasteiger partial charge on any atom is 0.219 e. The van der Waals surface area contributed by atoms with Crippen molar-refractivity contribution in [1.82, 2.24) is 9.97 Å². The van der Waals surface area contributed by atoms with Gasteiger partial charge in [0.15, 0.2) is 11.5 Å². The third-order valence-electron chi connectivity index (χ3n) is 4.24. The van der Waals surface area contributed by atoms with E-state index in [9.17, 15) is 0 Å². The van der Waals surface area contributed by atoms with Gasteiger partial charge in [-0.25, -0.2) is 4.98 Å². The second-order valence-electron chi connectivity index (χ2n) is 6.00. The number of halogens is 1. The summed E-state index contributed by atoms with van der Waals surface area (Å²) in [4.78, 5) is 8.67. The number of alkyl halides is 1. The molecule has 4 aromatic rings. The molecule has 0 bridgehead atoms. The zero-order valence-electron chi connectivity index (χ0n) is 14.7. The van der Waals surface area contributed by atoms with Crippen LogP contribution in [0.25, 0.3) is 10.9 Å². The van der Waals surface area contributed by atoms with Crippen molar-refractivity contribution < 1.29 is 9.47 Å². The zero-order chi connectivity index (χ0) is 18.6. The van der Waals surface area contributed by atoms with Gasteiger partial charge in [-0.1, -0.05) is 30.3 Å². The number of hydrogen-bond acceptors (Lipinski definition) is 4. The highest BCUT2D eigenvalue weighted by Crippen LogP contribution is 2.37. The predicted octanol–water partition coefficient (Wildman–Crippen LogP) is 5.76. The van der Waals surface area contributed by atoms with E-state index < -0.39 is 0 Å². The second kappa shape index (κ2) is 7.64. The topological polar surface area (TPSA) is 44.2 Å². The molecule has 1 atom stereocenters. The SMILES string of the molecule is COc1cc(C(Cl)c2cnc3ccccc3c2)ccc1Oc1ccccn1. The summed E-state index contributed by atoms with van der Waals surface area (Å²) in [6.45, 7) is 0. The van der Waals surface area contributed by atoms with Crippen LogP contribution in [0.5, 0.6) is 17.4 Å². The van der Waals surface area contributed by atoms with Gasteiger partial charge in [0.1, 0.15) is 0 Å². The van der Waals surface area contributed by atoms with Crippen molar-refractivity contribution in [3.63, 3.8) is 0 Å². The minimum absolute atomic E-state index is 0.347. The van der Waals surface area contributed by atoms with Crippen molar-refractivity contribution in [2.24, 2.45) is 0 Å². The minimum atomic E-state index is -0.347. The van der Waals surface area contributed by atoms with Crippen LogP contribution < -0.4 is 9.47 Å². The first kappa shape index (κ1) is 17.3. The molecule has 0 aliphatic carbocycles. The Morgan fingerprint density at radius 3 is 2.52 bits per heavy atom. The number of fused-ring (bicyclic) bond motifs is 1. The fourth-order valence-electron chi connectivity index (χ4n) is 2.87. The van der Waals surface area contributed by atoms with Crippen LogP contribution in [0.15, 0.2) is 79.1 Å². The molecule has 4 rings (SSSR count). The standard InChI is InChI=1S/C22H17ClN2O2/c1-26-20-13-16(9-10-19(20)27-21-8-4-5-11-24-21)22(23)17-12-15-6-2-3-7-18(15)25-14-17/h2-14,22H,1H3. The first-order chi connectivity index (χ1) is 13.2. The third kappa shape index (κ3) is 3.71. The highest BCUT2D eigenvalue weighted by atomic mass is 35.5. The fourth-order valence-corrected chi connectivity index (χ4v) is 3.12. The van der Waals surface area contributed by atoms with Crippen molar-refractivity contribution >= 4 is 22.5 Å². The molecular formula is C22H17ClN2O2. The lowest BCUT2D eigenvalue weighted by atomic mass is 10.0. The number of aromatic nitrogens is 2. The zero-order valence-corrected chi connectivity index (χ0v) is 15.4. The van der Waals surface area contributed by atoms with Crippen molar-refractivity contribution in [3.05, 3.63) is 90.3 Å². The van der Waals surface area contributed by atoms with Crippen LogP contribution in [0, 0.1) is 0 Å². The van der Waals surface area contributed by atoms with Gasteiger partial charge in [-0.15, -0.1) is 11.6 Å². The molecule has 134 valence electrons. The molecular weight excluding hydrogens is 360 g/mol. The lowest BCUT2D eigenvalue weighted by Crippen LogP contribution is -1.98. The molecule has 0 radical (unpaired) electrons. The van der Waals surface area contributed by atoms with Crippen LogP contribution in [-0.2, 0) is 0 Å². The summed E-state index contributed by atoms with van der Waals surface area (Å²) in [7, 11) is 1.60. The van der Waals surface area contributed by atoms with E-state index in [2.05, 4.69) is 16.0 Å². The predicted molar refractivity (Wildman–Crippen MR) is 107 cm³/mol. The van der Waals surface area contributed by atoms with Gasteiger partial charge in [-0.3, -0.25) is 4.98 Å². The molecule has 0 fully saturated rings. The molecule has 0 aliphatic rings. The van der Waals surface area contributed by atoms with Gasteiger partial charge in [0.25, 0.3) is 0 Å². The maximum absolute atomic E-state index is 6.72. The maximum atomic E-state index is 6.72. The van der Waals surface area contributed by atoms with Crippen LogP contribution in [0.4, 0.5) is 0 Å². The van der Waals surface area contributed by atoms with Gasteiger partial charge in [-0.2, -0.15) is 0 Å². The molecule has 0 saturated carbocycles. The fraction of sp³-hybridized carbons (Fsp3) is 0.0909. The Morgan fingerprint density at radius 1 is 0.852 bits per heavy atom. The molecule has 27 heavy (non-hydrogen) atoms. The number of para-hydroxylation sites is 1. The van der Waals surface area contributed by atoms with Crippen LogP contribution >= 0.6 is 11.6 Å². The quantitative estimate of drug-likeness (QED) is 0.415. The second-order valence-corrected chi connectivity index (χ2v) is 6.44. The van der Waals surface area contributed by atoms with E-state index in [1.54, 1.807) is 19.4 Å². The molecule has 1 unspecified atom stereocenters. The Morgan fingerprint density at radius 2 is 1.70 bits per heavy atom. The highest BCUT2D eigenvalue weighted by Gasteiger charge is 2.16. The Hall–Kier alpha value is -3.11. The van der Waals surface area contributed by atoms with E-state index in [0.717, 1.165) is 22.0 Å². The summed E-state index contributed by atoms with van der Waals surface area (Å²) in [6, 6.07) is 21.2. The Labute approximate surface area is 162 Å². The van der Waals surface area contributed by atoms with Gasteiger partial charge < -0.3 is 9.47 Å². The third-order valence-corrected chi connectivity index (χ3v) is 4.74. The number of pyridine rings is 2. The lowest BCUT2D eigenvalue weighted by Gasteiger charge is -2.15. The normalized spacial score (nSPS) is 11.9. The number of ether oxygens (including phenoxy) is 2. The molecule has 0 amide bonds. The van der Waals surface area contributed by atoms with Gasteiger partial charge in [-0.05, 0) is 41.5 Å². The molecule has 2 aromatic carbocycles. The summed E-state index contributed by atoms with van der Waals surface area (Å²) in [5.74, 6) is 1.68. The summed E-state index contributed by atoms with van der Waals surface area (Å²) in [5, 5.41) is 0.711. The molecule has 2 aromatic heterocycles. The molecule has 4 nitrogen and oxygen atoms in total. The van der Waals surface area contributed by atoms with Gasteiger partial charge in [0.05, 0.1) is 18.0 Å². The molecule has 0 saturated heterocycles. The Bertz CT molecular complexity index is 1070. The monoisotopic (exact) mass is 376 g/mol. The smallest absolute Gasteiger partial charge is 0.219 e. The van der Waals surface area contributed by atoms with E-state index >= 15 is 0 Å². The molecule has 0 spiro atoms. The van der Waals surface area contributed by atoms with Gasteiger partial charge >= 0.3 is 0 Å². The average molecular weight is 377 g/mol. The summed E-state index contributed by atoms with van der Waals surface area (Å²) >= 11 is 6.72. The van der Waals surface area contributed by atoms with Gasteiger partial charge in [0, 0.05) is 23.8 Å². The first-order valence-corrected chi connectivity index (χ1v) is 8.94. The number of benzene rings is 2. The van der Waals surface area contributed by atoms with Crippen molar-refractivity contribution in [3.8, 4) is 17.4 Å². The number of methoxy groups -OCH3 is 1. The summed E-state index contributed by atoms with van der Waals surface area (Å²) in [5.41, 5.74) is 2.77. The van der Waals surface area contributed by atoms with Crippen LogP contribution in [0.3, 0.4) is 0 Å². The largest absolute Gasteiger partial charge is 0.493 e. The Kier molecular flexibility index (Phi) is 4.90. The first-order valence-electron chi connectivity index (χ1n) is 8.50. The number of rotatable bonds is 5. The van der Waals surface area contributed by atoms with Crippen molar-refractivity contribution in [2.75, 3.05) is 7.11 Å². The lowest BCUT2D eigenvalue weighted by molar-refractivity contribution is 0.373. The molecule has 0 N–H and O–H groups in total. The summed E-state index contributed by atoms with van der Waals surface area (Å²) in [6.07, 6.45) is 3.49. The summed E-state index contributed by atoms with van der Waals surface area (Å²) < 4.78 is 11.3. The van der Waals surface area contributed by atoms with Crippen molar-refractivity contribution in [2.45, 2.75) is 5.38 Å². The van der Waals surface area contributed by atoms with Gasteiger partial charge in [0.2, 0.25) is 5.88 Å². The Balaban J connectivity index is 1.64. The molecule has 5 heteroatoms. The molecule has 2 heterocycles. The van der Waals surface area contributed by atoms with E-state index in [4.69, 9.17) is 21.1 Å². The average Bonchev–Trinajstić information content (AvgIpc) is 2.74.